The Morgan fingerprint density at radius 2 is 0.954 bits per heavy atom. The second-order valence-corrected chi connectivity index (χ2v) is 16.7. The van der Waals surface area contributed by atoms with Crippen molar-refractivity contribution in [3.05, 3.63) is 0 Å². The predicted octanol–water partition coefficient (Wildman–Crippen LogP) is -4.00. The Morgan fingerprint density at radius 1 is 0.538 bits per heavy atom. The standard InChI is InChI=1S/C40H72N12O13/c1-10-20(6)30(52-34(59)24(41)16-29(54)55)38(63)47-21(7)31(56)45-22(8)32(57)48-25(12-11-13-44-40(42)43)35(60)49-26(14-18(2)3)36(61)46-23(9)33(58)51-28(17-53)37(62)50-27(39(64)65)15-19(4)5/h18-28,30,53H,10-17,41H2,1-9H3,(H,45,56)(H,46,61)(H,47,63)(H,48,57)(H,49,60)(H,50,62)(H,51,58)(H,52,59)(H,54,55)(H,64,65)(H4,42,43,44)/t20-,21-,22-,23-,24-,25-,26-,27-,28-,30-/m0/s1. The van der Waals surface area contributed by atoms with Crippen molar-refractivity contribution in [2.75, 3.05) is 13.2 Å². The highest BCUT2D eigenvalue weighted by atomic mass is 16.4. The highest BCUT2D eigenvalue weighted by molar-refractivity contribution is 5.98. The number of aliphatic hydroxyl groups excluding tert-OH is 1. The molecule has 0 bridgehead atoms. The Balaban J connectivity index is 6.00. The van der Waals surface area contributed by atoms with Crippen LogP contribution in [0.5, 0.6) is 0 Å². The maximum atomic E-state index is 13.8. The van der Waals surface area contributed by atoms with Gasteiger partial charge in [-0.1, -0.05) is 48.0 Å². The highest BCUT2D eigenvalue weighted by Gasteiger charge is 2.34. The summed E-state index contributed by atoms with van der Waals surface area (Å²) in [6.07, 6.45) is -0.0173. The number of hydrogen-bond donors (Lipinski definition) is 14. The van der Waals surface area contributed by atoms with Crippen LogP contribution in [0.4, 0.5) is 0 Å². The summed E-state index contributed by atoms with van der Waals surface area (Å²) in [5, 5.41) is 47.7. The van der Waals surface area contributed by atoms with E-state index < -0.39 is 133 Å². The van der Waals surface area contributed by atoms with Gasteiger partial charge in [-0.15, -0.1) is 0 Å². The Labute approximate surface area is 378 Å². The van der Waals surface area contributed by atoms with Gasteiger partial charge in [0.1, 0.15) is 48.3 Å². The summed E-state index contributed by atoms with van der Waals surface area (Å²) in [6, 6.07) is -11.9. The van der Waals surface area contributed by atoms with Crippen LogP contribution < -0.4 is 59.7 Å². The van der Waals surface area contributed by atoms with Gasteiger partial charge in [-0.3, -0.25) is 48.1 Å². The van der Waals surface area contributed by atoms with Crippen LogP contribution in [0.15, 0.2) is 4.99 Å². The van der Waals surface area contributed by atoms with Gasteiger partial charge in [-0.05, 0) is 64.2 Å². The normalized spacial score (nSPS) is 15.7. The van der Waals surface area contributed by atoms with Crippen LogP contribution >= 0.6 is 0 Å². The monoisotopic (exact) mass is 929 g/mol. The summed E-state index contributed by atoms with van der Waals surface area (Å²) in [6.45, 7) is 13.5. The number of aliphatic hydroxyl groups is 1. The van der Waals surface area contributed by atoms with E-state index in [9.17, 15) is 58.2 Å². The molecular weight excluding hydrogens is 857 g/mol. The first-order valence-electron chi connectivity index (χ1n) is 21.4. The average molecular weight is 929 g/mol. The third-order valence-electron chi connectivity index (χ3n) is 9.84. The second-order valence-electron chi connectivity index (χ2n) is 16.7. The number of carbonyl (C=O) groups is 10. The Kier molecular flexibility index (Phi) is 26.6. The highest BCUT2D eigenvalue weighted by Crippen LogP contribution is 2.11. The van der Waals surface area contributed by atoms with Gasteiger partial charge in [0, 0.05) is 6.54 Å². The van der Waals surface area contributed by atoms with E-state index in [1.807, 2.05) is 0 Å². The number of rotatable bonds is 30. The van der Waals surface area contributed by atoms with Crippen LogP contribution in [0.25, 0.3) is 0 Å². The summed E-state index contributed by atoms with van der Waals surface area (Å²) in [5.41, 5.74) is 16.5. The number of carboxylic acids is 2. The van der Waals surface area contributed by atoms with Crippen molar-refractivity contribution in [3.63, 3.8) is 0 Å². The van der Waals surface area contributed by atoms with E-state index in [2.05, 4.69) is 47.5 Å². The van der Waals surface area contributed by atoms with Crippen molar-refractivity contribution in [2.24, 2.45) is 39.9 Å². The van der Waals surface area contributed by atoms with Crippen LogP contribution in [-0.4, -0.2) is 148 Å². The van der Waals surface area contributed by atoms with E-state index in [-0.39, 0.29) is 50.0 Å². The van der Waals surface area contributed by atoms with Gasteiger partial charge in [-0.25, -0.2) is 4.79 Å². The number of aliphatic carboxylic acids is 2. The number of carbonyl (C=O) groups excluding carboxylic acids is 8. The molecule has 0 saturated carbocycles. The van der Waals surface area contributed by atoms with E-state index in [0.29, 0.717) is 6.42 Å². The summed E-state index contributed by atoms with van der Waals surface area (Å²) in [5.74, 6) is -10.4. The number of hydrogen-bond acceptors (Lipinski definition) is 13. The molecule has 0 aliphatic carbocycles. The molecule has 0 rings (SSSR count). The minimum Gasteiger partial charge on any atom is -0.481 e. The first kappa shape index (κ1) is 58.9. The lowest BCUT2D eigenvalue weighted by Crippen LogP contribution is -2.60. The van der Waals surface area contributed by atoms with Crippen molar-refractivity contribution in [1.82, 2.24) is 42.5 Å². The van der Waals surface area contributed by atoms with Gasteiger partial charge in [0.05, 0.1) is 19.1 Å². The largest absolute Gasteiger partial charge is 0.481 e. The molecule has 0 radical (unpaired) electrons. The number of nitrogens with two attached hydrogens (primary N) is 3. The van der Waals surface area contributed by atoms with Gasteiger partial charge in [0.25, 0.3) is 0 Å². The first-order chi connectivity index (χ1) is 30.1. The second kappa shape index (κ2) is 29.4. The minimum absolute atomic E-state index is 0.0547. The van der Waals surface area contributed by atoms with Crippen LogP contribution in [0.2, 0.25) is 0 Å². The quantitative estimate of drug-likeness (QED) is 0.0185. The zero-order valence-electron chi connectivity index (χ0n) is 38.7. The molecule has 25 nitrogen and oxygen atoms in total. The zero-order valence-corrected chi connectivity index (χ0v) is 38.7. The fourth-order valence-electron chi connectivity index (χ4n) is 5.90. The number of amides is 8. The third kappa shape index (κ3) is 22.9. The lowest BCUT2D eigenvalue weighted by atomic mass is 9.97. The van der Waals surface area contributed by atoms with Crippen molar-refractivity contribution >= 4 is 65.2 Å². The van der Waals surface area contributed by atoms with Gasteiger partial charge in [0.2, 0.25) is 47.3 Å². The van der Waals surface area contributed by atoms with E-state index in [0.717, 1.165) is 0 Å². The number of guanidine groups is 1. The van der Waals surface area contributed by atoms with Crippen molar-refractivity contribution < 1.29 is 63.3 Å². The fraction of sp³-hybridized carbons (Fsp3) is 0.725. The molecule has 370 valence electrons. The molecular formula is C40H72N12O13. The van der Waals surface area contributed by atoms with E-state index in [4.69, 9.17) is 22.3 Å². The minimum atomic E-state index is -1.56. The van der Waals surface area contributed by atoms with Crippen LogP contribution in [-0.2, 0) is 47.9 Å². The van der Waals surface area contributed by atoms with E-state index in [1.54, 1.807) is 41.5 Å². The molecule has 0 aliphatic rings. The molecule has 0 aromatic carbocycles. The molecule has 0 aliphatic heterocycles. The molecule has 8 amide bonds. The molecule has 65 heavy (non-hydrogen) atoms. The van der Waals surface area contributed by atoms with Gasteiger partial charge < -0.3 is 75.1 Å². The molecule has 0 spiro atoms. The van der Waals surface area contributed by atoms with E-state index in [1.165, 1.54) is 20.8 Å². The molecule has 10 atom stereocenters. The number of carboxylic acid groups (broad SMARTS) is 2. The molecule has 0 unspecified atom stereocenters. The SMILES string of the molecule is CC[C@H](C)[C@H](NC(=O)[C@@H](N)CC(=O)O)C(=O)N[C@@H](C)C(=O)N[C@@H](C)C(=O)N[C@@H](CCCN=C(N)N)C(=O)N[C@@H](CC(C)C)C(=O)N[C@@H](C)C(=O)N[C@@H](CO)C(=O)N[C@@H](CC(C)C)C(=O)O. The van der Waals surface area contributed by atoms with Crippen molar-refractivity contribution in [3.8, 4) is 0 Å². The van der Waals surface area contributed by atoms with Crippen molar-refractivity contribution in [1.29, 1.82) is 0 Å². The average Bonchev–Trinajstić information content (AvgIpc) is 3.20. The Morgan fingerprint density at radius 3 is 1.42 bits per heavy atom. The molecule has 17 N–H and O–H groups in total. The molecule has 0 aromatic rings. The maximum absolute atomic E-state index is 13.8. The first-order valence-corrected chi connectivity index (χ1v) is 21.4. The summed E-state index contributed by atoms with van der Waals surface area (Å²) in [4.78, 5) is 132. The summed E-state index contributed by atoms with van der Waals surface area (Å²) in [7, 11) is 0. The number of nitrogens with one attached hydrogen (secondary N) is 8. The lowest BCUT2D eigenvalue weighted by molar-refractivity contribution is -0.143. The summed E-state index contributed by atoms with van der Waals surface area (Å²) < 4.78 is 0. The predicted molar refractivity (Wildman–Crippen MR) is 236 cm³/mol. The molecule has 0 aromatic heterocycles. The number of nitrogens with zero attached hydrogens (tertiary/aromatic N) is 1. The smallest absolute Gasteiger partial charge is 0.326 e. The van der Waals surface area contributed by atoms with Crippen LogP contribution in [0, 0.1) is 17.8 Å². The molecule has 0 fully saturated rings. The van der Waals surface area contributed by atoms with Gasteiger partial charge in [0.15, 0.2) is 5.96 Å². The third-order valence-corrected chi connectivity index (χ3v) is 9.84. The van der Waals surface area contributed by atoms with Crippen LogP contribution in [0.1, 0.15) is 101 Å². The summed E-state index contributed by atoms with van der Waals surface area (Å²) >= 11 is 0. The van der Waals surface area contributed by atoms with Gasteiger partial charge in [-0.2, -0.15) is 0 Å². The van der Waals surface area contributed by atoms with Crippen LogP contribution in [0.3, 0.4) is 0 Å². The Hall–Kier alpha value is -6.11. The zero-order chi connectivity index (χ0) is 50.3. The lowest BCUT2D eigenvalue weighted by Gasteiger charge is -2.27. The molecule has 0 heterocycles. The topological polar surface area (TPSA) is 418 Å². The van der Waals surface area contributed by atoms with E-state index >= 15 is 0 Å². The molecule has 25 heteroatoms. The fourth-order valence-corrected chi connectivity index (χ4v) is 5.90. The number of aliphatic imine (C=N–C) groups is 1. The Bertz CT molecular complexity index is 1690. The molecule has 0 saturated heterocycles. The maximum Gasteiger partial charge on any atom is 0.326 e. The van der Waals surface area contributed by atoms with Gasteiger partial charge >= 0.3 is 11.9 Å². The van der Waals surface area contributed by atoms with Crippen molar-refractivity contribution in [2.45, 2.75) is 155 Å².